The number of carbonyl (C=O) groups is 2. The van der Waals surface area contributed by atoms with Crippen LogP contribution in [0, 0.1) is 6.92 Å². The third-order valence-electron chi connectivity index (χ3n) is 4.06. The Morgan fingerprint density at radius 3 is 2.70 bits per heavy atom. The highest BCUT2D eigenvalue weighted by Crippen LogP contribution is 2.29. The molecule has 3 aromatic rings. The van der Waals surface area contributed by atoms with Crippen molar-refractivity contribution >= 4 is 45.0 Å². The fourth-order valence-electron chi connectivity index (χ4n) is 2.67. The standard InChI is InChI=1S/C19H20ClN3O3S/c1-4-21-17(24)12(3)26-19(25)16-9-15-11(2)22-23(18(15)27-16)10-13-5-7-14(20)8-6-13/h5-9,12H,4,10H2,1-3H3,(H,21,24)/t12-/m0/s1. The summed E-state index contributed by atoms with van der Waals surface area (Å²) in [6, 6.07) is 9.34. The molecule has 1 N–H and O–H groups in total. The molecule has 142 valence electrons. The van der Waals surface area contributed by atoms with Crippen molar-refractivity contribution < 1.29 is 14.3 Å². The molecule has 0 saturated carbocycles. The first-order chi connectivity index (χ1) is 12.9. The molecule has 2 heterocycles. The largest absolute Gasteiger partial charge is 0.448 e. The molecular weight excluding hydrogens is 386 g/mol. The molecule has 0 saturated heterocycles. The summed E-state index contributed by atoms with van der Waals surface area (Å²) < 4.78 is 7.14. The van der Waals surface area contributed by atoms with Crippen LogP contribution in [-0.4, -0.2) is 34.3 Å². The van der Waals surface area contributed by atoms with Gasteiger partial charge in [0.2, 0.25) is 0 Å². The van der Waals surface area contributed by atoms with Crippen LogP contribution in [0.5, 0.6) is 0 Å². The number of thiophene rings is 1. The molecule has 27 heavy (non-hydrogen) atoms. The molecule has 6 nitrogen and oxygen atoms in total. The Balaban J connectivity index is 1.81. The van der Waals surface area contributed by atoms with Gasteiger partial charge in [0.25, 0.3) is 5.91 Å². The fraction of sp³-hybridized carbons (Fsp3) is 0.316. The van der Waals surface area contributed by atoms with Crippen molar-refractivity contribution in [3.8, 4) is 0 Å². The number of carbonyl (C=O) groups excluding carboxylic acids is 2. The molecular formula is C19H20ClN3O3S. The lowest BCUT2D eigenvalue weighted by Crippen LogP contribution is -2.35. The van der Waals surface area contributed by atoms with Gasteiger partial charge in [0.1, 0.15) is 9.71 Å². The highest BCUT2D eigenvalue weighted by Gasteiger charge is 2.22. The molecule has 1 atom stereocenters. The first kappa shape index (κ1) is 19.4. The van der Waals surface area contributed by atoms with Crippen LogP contribution in [0.2, 0.25) is 5.02 Å². The second-order valence-corrected chi connectivity index (χ2v) is 7.61. The Labute approximate surface area is 166 Å². The summed E-state index contributed by atoms with van der Waals surface area (Å²) in [5, 5.41) is 8.79. The molecule has 0 unspecified atom stereocenters. The van der Waals surface area contributed by atoms with Gasteiger partial charge in [-0.25, -0.2) is 4.79 Å². The van der Waals surface area contributed by atoms with Gasteiger partial charge >= 0.3 is 5.97 Å². The number of benzene rings is 1. The molecule has 0 aliphatic carbocycles. The van der Waals surface area contributed by atoms with Crippen LogP contribution in [0.15, 0.2) is 30.3 Å². The van der Waals surface area contributed by atoms with E-state index in [1.807, 2.05) is 42.8 Å². The van der Waals surface area contributed by atoms with Gasteiger partial charge < -0.3 is 10.1 Å². The normalized spacial score (nSPS) is 12.1. The Kier molecular flexibility index (Phi) is 5.82. The molecule has 1 amide bonds. The number of esters is 1. The number of likely N-dealkylation sites (N-methyl/N-ethyl adjacent to an activating group) is 1. The lowest BCUT2D eigenvalue weighted by atomic mass is 10.2. The number of rotatable bonds is 6. The highest BCUT2D eigenvalue weighted by molar-refractivity contribution is 7.20. The molecule has 8 heteroatoms. The Hall–Kier alpha value is -2.38. The molecule has 2 aromatic heterocycles. The number of ether oxygens (including phenoxy) is 1. The van der Waals surface area contributed by atoms with Crippen LogP contribution in [0.1, 0.15) is 34.8 Å². The van der Waals surface area contributed by atoms with Crippen molar-refractivity contribution in [3.63, 3.8) is 0 Å². The predicted molar refractivity (Wildman–Crippen MR) is 106 cm³/mol. The number of hydrogen-bond donors (Lipinski definition) is 1. The average molecular weight is 406 g/mol. The van der Waals surface area contributed by atoms with Crippen molar-refractivity contribution in [2.45, 2.75) is 33.4 Å². The predicted octanol–water partition coefficient (Wildman–Crippen LogP) is 3.79. The maximum absolute atomic E-state index is 12.4. The number of nitrogens with one attached hydrogen (secondary N) is 1. The number of aryl methyl sites for hydroxylation is 1. The minimum absolute atomic E-state index is 0.308. The summed E-state index contributed by atoms with van der Waals surface area (Å²) in [6.45, 7) is 6.34. The third-order valence-corrected chi connectivity index (χ3v) is 5.44. The smallest absolute Gasteiger partial charge is 0.349 e. The van der Waals surface area contributed by atoms with E-state index in [4.69, 9.17) is 16.3 Å². The van der Waals surface area contributed by atoms with Crippen molar-refractivity contribution in [2.24, 2.45) is 0 Å². The summed E-state index contributed by atoms with van der Waals surface area (Å²) in [6.07, 6.45) is -0.839. The van der Waals surface area contributed by atoms with Crippen LogP contribution in [0.25, 0.3) is 10.2 Å². The second-order valence-electron chi connectivity index (χ2n) is 6.14. The zero-order valence-corrected chi connectivity index (χ0v) is 16.9. The van der Waals surface area contributed by atoms with Crippen LogP contribution in [0.3, 0.4) is 0 Å². The van der Waals surface area contributed by atoms with E-state index in [0.29, 0.717) is 23.0 Å². The maximum Gasteiger partial charge on any atom is 0.349 e. The number of hydrogen-bond acceptors (Lipinski definition) is 5. The number of fused-ring (bicyclic) bond motifs is 1. The van der Waals surface area contributed by atoms with Gasteiger partial charge in [0.15, 0.2) is 6.10 Å². The van der Waals surface area contributed by atoms with Crippen LogP contribution in [0.4, 0.5) is 0 Å². The van der Waals surface area contributed by atoms with Gasteiger partial charge in [-0.15, -0.1) is 11.3 Å². The zero-order valence-electron chi connectivity index (χ0n) is 15.3. The number of aromatic nitrogens is 2. The minimum Gasteiger partial charge on any atom is -0.448 e. The Bertz CT molecular complexity index is 978. The van der Waals surface area contributed by atoms with Gasteiger partial charge in [-0.1, -0.05) is 23.7 Å². The lowest BCUT2D eigenvalue weighted by molar-refractivity contribution is -0.128. The molecule has 0 spiro atoms. The molecule has 1 aromatic carbocycles. The minimum atomic E-state index is -0.839. The first-order valence-electron chi connectivity index (χ1n) is 8.59. The van der Waals surface area contributed by atoms with E-state index in [9.17, 15) is 9.59 Å². The number of halogens is 1. The SMILES string of the molecule is CCNC(=O)[C@H](C)OC(=O)c1cc2c(C)nn(Cc3ccc(Cl)cc3)c2s1. The van der Waals surface area contributed by atoms with Gasteiger partial charge in [0.05, 0.1) is 12.2 Å². The van der Waals surface area contributed by atoms with Crippen molar-refractivity contribution in [1.82, 2.24) is 15.1 Å². The van der Waals surface area contributed by atoms with Gasteiger partial charge in [0, 0.05) is 17.0 Å². The Morgan fingerprint density at radius 1 is 1.33 bits per heavy atom. The molecule has 3 rings (SSSR count). The van der Waals surface area contributed by atoms with E-state index < -0.39 is 12.1 Å². The first-order valence-corrected chi connectivity index (χ1v) is 9.78. The Morgan fingerprint density at radius 2 is 2.04 bits per heavy atom. The van der Waals surface area contributed by atoms with E-state index >= 15 is 0 Å². The third kappa shape index (κ3) is 4.31. The zero-order chi connectivity index (χ0) is 19.6. The maximum atomic E-state index is 12.4. The van der Waals surface area contributed by atoms with Gasteiger partial charge in [-0.3, -0.25) is 9.48 Å². The average Bonchev–Trinajstić information content (AvgIpc) is 3.19. The molecule has 0 bridgehead atoms. The number of amides is 1. The van der Waals surface area contributed by atoms with E-state index in [1.165, 1.54) is 11.3 Å². The van der Waals surface area contributed by atoms with Gasteiger partial charge in [-0.05, 0) is 44.5 Å². The van der Waals surface area contributed by atoms with Gasteiger partial charge in [-0.2, -0.15) is 5.10 Å². The summed E-state index contributed by atoms with van der Waals surface area (Å²) in [5.41, 5.74) is 1.90. The van der Waals surface area contributed by atoms with Crippen LogP contribution < -0.4 is 5.32 Å². The topological polar surface area (TPSA) is 73.2 Å². The summed E-state index contributed by atoms with van der Waals surface area (Å²) >= 11 is 7.25. The monoisotopic (exact) mass is 405 g/mol. The molecule has 0 aliphatic heterocycles. The highest BCUT2D eigenvalue weighted by atomic mass is 35.5. The lowest BCUT2D eigenvalue weighted by Gasteiger charge is -2.11. The molecule has 0 fully saturated rings. The van der Waals surface area contributed by atoms with E-state index in [-0.39, 0.29) is 5.91 Å². The van der Waals surface area contributed by atoms with Crippen LogP contribution >= 0.6 is 22.9 Å². The second kappa shape index (κ2) is 8.10. The molecule has 0 aliphatic rings. The van der Waals surface area contributed by atoms with Crippen molar-refractivity contribution in [2.75, 3.05) is 6.54 Å². The number of nitrogens with zero attached hydrogens (tertiary/aromatic N) is 2. The fourth-order valence-corrected chi connectivity index (χ4v) is 3.84. The van der Waals surface area contributed by atoms with E-state index in [0.717, 1.165) is 21.5 Å². The summed E-state index contributed by atoms with van der Waals surface area (Å²) in [4.78, 5) is 25.5. The summed E-state index contributed by atoms with van der Waals surface area (Å²) in [5.74, 6) is -0.815. The molecule has 0 radical (unpaired) electrons. The van der Waals surface area contributed by atoms with Crippen LogP contribution in [-0.2, 0) is 16.1 Å². The summed E-state index contributed by atoms with van der Waals surface area (Å²) in [7, 11) is 0. The van der Waals surface area contributed by atoms with Crippen molar-refractivity contribution in [3.05, 3.63) is 51.5 Å². The quantitative estimate of drug-likeness (QED) is 0.633. The van der Waals surface area contributed by atoms with Crippen molar-refractivity contribution in [1.29, 1.82) is 0 Å². The van der Waals surface area contributed by atoms with E-state index in [1.54, 1.807) is 13.0 Å². The van der Waals surface area contributed by atoms with E-state index in [2.05, 4.69) is 10.4 Å².